The summed E-state index contributed by atoms with van der Waals surface area (Å²) in [6, 6.07) is 3.64. The van der Waals surface area contributed by atoms with E-state index in [9.17, 15) is 4.39 Å². The fourth-order valence-electron chi connectivity index (χ4n) is 1.52. The molecule has 0 bridgehead atoms. The molecule has 1 aromatic rings. The minimum atomic E-state index is -0.274. The minimum absolute atomic E-state index is 0.122. The molecule has 1 heterocycles. The molecule has 0 radical (unpaired) electrons. The van der Waals surface area contributed by atoms with Gasteiger partial charge in [0.05, 0.1) is 10.6 Å². The van der Waals surface area contributed by atoms with Crippen LogP contribution in [0.4, 0.5) is 4.39 Å². The fourth-order valence-corrected chi connectivity index (χ4v) is 1.83. The Morgan fingerprint density at radius 1 is 1.54 bits per heavy atom. The highest BCUT2D eigenvalue weighted by Crippen LogP contribution is 2.34. The van der Waals surface area contributed by atoms with E-state index in [1.807, 2.05) is 13.0 Å². The molecular formula is C10H10BrFO. The molecular weight excluding hydrogens is 235 g/mol. The smallest absolute Gasteiger partial charge is 0.179 e. The third-order valence-electron chi connectivity index (χ3n) is 2.27. The summed E-state index contributed by atoms with van der Waals surface area (Å²) in [5.74, 6) is 0.150. The van der Waals surface area contributed by atoms with Gasteiger partial charge in [-0.1, -0.05) is 6.07 Å². The van der Waals surface area contributed by atoms with Crippen molar-refractivity contribution in [2.24, 2.45) is 0 Å². The molecule has 70 valence electrons. The lowest BCUT2D eigenvalue weighted by Crippen LogP contribution is -2.19. The second kappa shape index (κ2) is 3.29. The molecule has 1 atom stereocenters. The van der Waals surface area contributed by atoms with E-state index < -0.39 is 0 Å². The lowest BCUT2D eigenvalue weighted by atomic mass is 10.0. The third kappa shape index (κ3) is 1.57. The summed E-state index contributed by atoms with van der Waals surface area (Å²) in [7, 11) is 0. The van der Waals surface area contributed by atoms with Crippen molar-refractivity contribution in [2.45, 2.75) is 25.9 Å². The average Bonchev–Trinajstić information content (AvgIpc) is 2.12. The normalized spacial score (nSPS) is 20.7. The number of ether oxygens (including phenoxy) is 1. The van der Waals surface area contributed by atoms with Crippen LogP contribution < -0.4 is 4.74 Å². The Kier molecular flexibility index (Phi) is 2.28. The highest BCUT2D eigenvalue weighted by atomic mass is 79.9. The van der Waals surface area contributed by atoms with E-state index in [1.54, 1.807) is 6.07 Å². The van der Waals surface area contributed by atoms with E-state index in [0.29, 0.717) is 10.2 Å². The molecule has 0 amide bonds. The van der Waals surface area contributed by atoms with E-state index in [1.165, 1.54) is 0 Å². The van der Waals surface area contributed by atoms with Gasteiger partial charge < -0.3 is 4.74 Å². The topological polar surface area (TPSA) is 9.23 Å². The summed E-state index contributed by atoms with van der Waals surface area (Å²) >= 11 is 3.14. The van der Waals surface area contributed by atoms with Crippen LogP contribution >= 0.6 is 15.9 Å². The molecule has 0 N–H and O–H groups in total. The quantitative estimate of drug-likeness (QED) is 0.681. The van der Waals surface area contributed by atoms with Crippen LogP contribution in [0, 0.1) is 5.82 Å². The van der Waals surface area contributed by atoms with Crippen LogP contribution in [0.1, 0.15) is 18.9 Å². The van der Waals surface area contributed by atoms with E-state index in [2.05, 4.69) is 15.9 Å². The fraction of sp³-hybridized carbons (Fsp3) is 0.400. The molecule has 1 aliphatic heterocycles. The zero-order valence-electron chi connectivity index (χ0n) is 7.31. The first kappa shape index (κ1) is 9.00. The van der Waals surface area contributed by atoms with Crippen LogP contribution in [-0.4, -0.2) is 6.10 Å². The maximum absolute atomic E-state index is 13.5. The first-order valence-electron chi connectivity index (χ1n) is 4.32. The van der Waals surface area contributed by atoms with Gasteiger partial charge in [-0.3, -0.25) is 0 Å². The van der Waals surface area contributed by atoms with Crippen LogP contribution in [0.5, 0.6) is 5.75 Å². The monoisotopic (exact) mass is 244 g/mol. The molecule has 1 nitrogen and oxygen atoms in total. The number of hydrogen-bond acceptors (Lipinski definition) is 1. The zero-order valence-corrected chi connectivity index (χ0v) is 8.90. The second-order valence-corrected chi connectivity index (χ2v) is 4.17. The van der Waals surface area contributed by atoms with Gasteiger partial charge in [0.25, 0.3) is 0 Å². The molecule has 0 saturated heterocycles. The lowest BCUT2D eigenvalue weighted by Gasteiger charge is -2.23. The number of rotatable bonds is 0. The summed E-state index contributed by atoms with van der Waals surface area (Å²) in [6.07, 6.45) is 1.99. The van der Waals surface area contributed by atoms with Crippen LogP contribution in [0.15, 0.2) is 16.6 Å². The molecule has 1 aliphatic rings. The number of aryl methyl sites for hydroxylation is 1. The Labute approximate surface area is 85.0 Å². The van der Waals surface area contributed by atoms with Crippen molar-refractivity contribution >= 4 is 15.9 Å². The number of fused-ring (bicyclic) bond motifs is 1. The standard InChI is InChI=1S/C10H10BrFO/c1-6-2-3-7-4-5-8(11)9(12)10(7)13-6/h4-6H,2-3H2,1H3. The van der Waals surface area contributed by atoms with Crippen LogP contribution in [-0.2, 0) is 6.42 Å². The van der Waals surface area contributed by atoms with Crippen molar-refractivity contribution in [1.82, 2.24) is 0 Å². The molecule has 1 unspecified atom stereocenters. The van der Waals surface area contributed by atoms with E-state index in [4.69, 9.17) is 4.74 Å². The zero-order chi connectivity index (χ0) is 9.42. The van der Waals surface area contributed by atoms with Gasteiger partial charge in [0, 0.05) is 0 Å². The predicted molar refractivity (Wildman–Crippen MR) is 52.5 cm³/mol. The number of halogens is 2. The molecule has 1 aromatic carbocycles. The van der Waals surface area contributed by atoms with Gasteiger partial charge in [0.2, 0.25) is 0 Å². The van der Waals surface area contributed by atoms with Crippen LogP contribution in [0.3, 0.4) is 0 Å². The SMILES string of the molecule is CC1CCc2ccc(Br)c(F)c2O1. The maximum Gasteiger partial charge on any atom is 0.179 e. The minimum Gasteiger partial charge on any atom is -0.487 e. The van der Waals surface area contributed by atoms with Crippen molar-refractivity contribution in [3.63, 3.8) is 0 Å². The molecule has 2 rings (SSSR count). The summed E-state index contributed by atoms with van der Waals surface area (Å²) in [5.41, 5.74) is 0.971. The van der Waals surface area contributed by atoms with E-state index >= 15 is 0 Å². The second-order valence-electron chi connectivity index (χ2n) is 3.32. The summed E-state index contributed by atoms with van der Waals surface area (Å²) < 4.78 is 19.4. The van der Waals surface area contributed by atoms with Crippen LogP contribution in [0.25, 0.3) is 0 Å². The number of benzene rings is 1. The van der Waals surface area contributed by atoms with Gasteiger partial charge >= 0.3 is 0 Å². The van der Waals surface area contributed by atoms with Crippen molar-refractivity contribution in [2.75, 3.05) is 0 Å². The lowest BCUT2D eigenvalue weighted by molar-refractivity contribution is 0.182. The third-order valence-corrected chi connectivity index (χ3v) is 2.88. The Morgan fingerprint density at radius 2 is 2.31 bits per heavy atom. The van der Waals surface area contributed by atoms with Gasteiger partial charge in [-0.2, -0.15) is 0 Å². The predicted octanol–water partition coefficient (Wildman–Crippen LogP) is 3.30. The molecule has 0 aliphatic carbocycles. The molecule has 0 spiro atoms. The molecule has 3 heteroatoms. The average molecular weight is 245 g/mol. The van der Waals surface area contributed by atoms with Gasteiger partial charge in [0.1, 0.15) is 0 Å². The Bertz CT molecular complexity index is 338. The van der Waals surface area contributed by atoms with Gasteiger partial charge in [-0.15, -0.1) is 0 Å². The Balaban J connectivity index is 2.48. The van der Waals surface area contributed by atoms with Gasteiger partial charge in [0.15, 0.2) is 11.6 Å². The van der Waals surface area contributed by atoms with Crippen molar-refractivity contribution in [3.8, 4) is 5.75 Å². The highest BCUT2D eigenvalue weighted by Gasteiger charge is 2.20. The summed E-state index contributed by atoms with van der Waals surface area (Å²) in [6.45, 7) is 1.96. The summed E-state index contributed by atoms with van der Waals surface area (Å²) in [5, 5.41) is 0. The van der Waals surface area contributed by atoms with Gasteiger partial charge in [-0.05, 0) is 47.3 Å². The Morgan fingerprint density at radius 3 is 3.08 bits per heavy atom. The van der Waals surface area contributed by atoms with E-state index in [-0.39, 0.29) is 11.9 Å². The first-order valence-corrected chi connectivity index (χ1v) is 5.11. The maximum atomic E-state index is 13.5. The molecule has 0 saturated carbocycles. The Hall–Kier alpha value is -0.570. The van der Waals surface area contributed by atoms with Gasteiger partial charge in [-0.25, -0.2) is 4.39 Å². The van der Waals surface area contributed by atoms with E-state index in [0.717, 1.165) is 18.4 Å². The first-order chi connectivity index (χ1) is 6.18. The van der Waals surface area contributed by atoms with Crippen molar-refractivity contribution < 1.29 is 9.13 Å². The molecule has 0 fully saturated rings. The number of hydrogen-bond donors (Lipinski definition) is 0. The van der Waals surface area contributed by atoms with Crippen molar-refractivity contribution in [3.05, 3.63) is 28.0 Å². The van der Waals surface area contributed by atoms with Crippen LogP contribution in [0.2, 0.25) is 0 Å². The molecule has 13 heavy (non-hydrogen) atoms. The largest absolute Gasteiger partial charge is 0.487 e. The summed E-state index contributed by atoms with van der Waals surface area (Å²) in [4.78, 5) is 0. The van der Waals surface area contributed by atoms with Crippen molar-refractivity contribution in [1.29, 1.82) is 0 Å². The highest BCUT2D eigenvalue weighted by molar-refractivity contribution is 9.10. The molecule has 0 aromatic heterocycles.